The normalized spacial score (nSPS) is 11.0. The van der Waals surface area contributed by atoms with Crippen molar-refractivity contribution < 1.29 is 0 Å². The van der Waals surface area contributed by atoms with E-state index in [0.29, 0.717) is 0 Å². The number of rotatable bonds is 4. The number of hydrogen-bond acceptors (Lipinski definition) is 4. The maximum Gasteiger partial charge on any atom is 0.150 e. The Morgan fingerprint density at radius 2 is 2.10 bits per heavy atom. The molecule has 0 saturated carbocycles. The van der Waals surface area contributed by atoms with Crippen molar-refractivity contribution in [2.45, 2.75) is 17.8 Å². The molecule has 0 radical (unpaired) electrons. The molecule has 0 aliphatic carbocycles. The molecular formula is C16H15BrN2S2. The molecule has 0 amide bonds. The van der Waals surface area contributed by atoms with E-state index < -0.39 is 0 Å². The molecule has 0 fully saturated rings. The second-order valence-electron chi connectivity index (χ2n) is 4.80. The lowest BCUT2D eigenvalue weighted by atomic mass is 10.1. The molecule has 2 aromatic carbocycles. The number of nitrogens with one attached hydrogen (secondary N) is 1. The Kier molecular flexibility index (Phi) is 4.52. The van der Waals surface area contributed by atoms with Gasteiger partial charge in [-0.1, -0.05) is 39.8 Å². The molecule has 0 aliphatic rings. The van der Waals surface area contributed by atoms with Gasteiger partial charge >= 0.3 is 0 Å². The fraction of sp³-hybridized carbons (Fsp3) is 0.188. The minimum absolute atomic E-state index is 0.818. The van der Waals surface area contributed by atoms with Gasteiger partial charge in [-0.2, -0.15) is 0 Å². The summed E-state index contributed by atoms with van der Waals surface area (Å²) >= 11 is 7.02. The highest BCUT2D eigenvalue weighted by Crippen LogP contribution is 2.30. The van der Waals surface area contributed by atoms with E-state index in [0.717, 1.165) is 26.6 Å². The molecule has 0 saturated heterocycles. The maximum atomic E-state index is 4.56. The highest BCUT2D eigenvalue weighted by Gasteiger charge is 2.04. The maximum absolute atomic E-state index is 4.56. The monoisotopic (exact) mass is 378 g/mol. The summed E-state index contributed by atoms with van der Waals surface area (Å²) in [5, 5.41) is 3.48. The first-order valence-corrected chi connectivity index (χ1v) is 9.42. The second kappa shape index (κ2) is 6.38. The predicted molar refractivity (Wildman–Crippen MR) is 97.6 cm³/mol. The molecule has 2 nitrogen and oxygen atoms in total. The number of halogens is 1. The summed E-state index contributed by atoms with van der Waals surface area (Å²) in [7, 11) is 0. The molecule has 3 rings (SSSR count). The van der Waals surface area contributed by atoms with Crippen molar-refractivity contribution in [3.8, 4) is 0 Å². The lowest BCUT2D eigenvalue weighted by Gasteiger charge is -2.08. The summed E-state index contributed by atoms with van der Waals surface area (Å²) in [6.07, 6.45) is 2.06. The van der Waals surface area contributed by atoms with Gasteiger partial charge in [0.2, 0.25) is 0 Å². The number of aromatic nitrogens is 1. The van der Waals surface area contributed by atoms with Gasteiger partial charge in [0.15, 0.2) is 4.34 Å². The summed E-state index contributed by atoms with van der Waals surface area (Å²) in [5.74, 6) is 0. The van der Waals surface area contributed by atoms with Crippen LogP contribution in [-0.4, -0.2) is 11.2 Å². The number of nitrogens with zero attached hydrogens (tertiary/aromatic N) is 1. The van der Waals surface area contributed by atoms with Crippen molar-refractivity contribution in [1.29, 1.82) is 0 Å². The van der Waals surface area contributed by atoms with Gasteiger partial charge in [-0.05, 0) is 48.6 Å². The fourth-order valence-corrected chi connectivity index (χ4v) is 4.01. The van der Waals surface area contributed by atoms with Gasteiger partial charge in [0, 0.05) is 16.7 Å². The Morgan fingerprint density at radius 3 is 2.86 bits per heavy atom. The van der Waals surface area contributed by atoms with Crippen LogP contribution in [0.2, 0.25) is 0 Å². The average molecular weight is 379 g/mol. The van der Waals surface area contributed by atoms with Crippen LogP contribution in [0, 0.1) is 6.92 Å². The number of aryl methyl sites for hydroxylation is 1. The van der Waals surface area contributed by atoms with Crippen LogP contribution in [0.25, 0.3) is 10.2 Å². The summed E-state index contributed by atoms with van der Waals surface area (Å²) in [5.41, 5.74) is 4.74. The van der Waals surface area contributed by atoms with Gasteiger partial charge in [0.1, 0.15) is 0 Å². The quantitative estimate of drug-likeness (QED) is 0.589. The van der Waals surface area contributed by atoms with Crippen LogP contribution in [0.15, 0.2) is 45.2 Å². The van der Waals surface area contributed by atoms with Crippen LogP contribution in [-0.2, 0) is 6.54 Å². The highest BCUT2D eigenvalue weighted by atomic mass is 79.9. The summed E-state index contributed by atoms with van der Waals surface area (Å²) in [4.78, 5) is 4.56. The van der Waals surface area contributed by atoms with Crippen LogP contribution in [0.3, 0.4) is 0 Å². The van der Waals surface area contributed by atoms with Crippen LogP contribution in [0.5, 0.6) is 0 Å². The first-order chi connectivity index (χ1) is 10.2. The van der Waals surface area contributed by atoms with E-state index in [1.165, 1.54) is 15.8 Å². The Hall–Kier alpha value is -1.04. The van der Waals surface area contributed by atoms with Gasteiger partial charge in [-0.25, -0.2) is 4.98 Å². The Labute approximate surface area is 141 Å². The van der Waals surface area contributed by atoms with Gasteiger partial charge in [0.25, 0.3) is 0 Å². The van der Waals surface area contributed by atoms with E-state index >= 15 is 0 Å². The number of anilines is 1. The molecule has 0 atom stereocenters. The molecule has 5 heteroatoms. The van der Waals surface area contributed by atoms with Crippen molar-refractivity contribution in [3.63, 3.8) is 0 Å². The average Bonchev–Trinajstić information content (AvgIpc) is 2.90. The van der Waals surface area contributed by atoms with E-state index in [4.69, 9.17) is 0 Å². The molecule has 108 valence electrons. The number of thiazole rings is 1. The van der Waals surface area contributed by atoms with Crippen molar-refractivity contribution in [2.75, 3.05) is 11.6 Å². The van der Waals surface area contributed by atoms with E-state index in [1.54, 1.807) is 23.1 Å². The number of fused-ring (bicyclic) bond motifs is 1. The van der Waals surface area contributed by atoms with Crippen LogP contribution < -0.4 is 5.32 Å². The summed E-state index contributed by atoms with van der Waals surface area (Å²) < 4.78 is 3.50. The number of thioether (sulfide) groups is 1. The van der Waals surface area contributed by atoms with E-state index in [-0.39, 0.29) is 0 Å². The molecule has 3 aromatic rings. The van der Waals surface area contributed by atoms with Crippen LogP contribution in [0.4, 0.5) is 5.69 Å². The Morgan fingerprint density at radius 1 is 1.24 bits per heavy atom. The molecule has 0 bridgehead atoms. The second-order valence-corrected chi connectivity index (χ2v) is 7.74. The molecule has 0 aliphatic heterocycles. The Balaban J connectivity index is 1.76. The third-order valence-electron chi connectivity index (χ3n) is 3.28. The zero-order valence-electron chi connectivity index (χ0n) is 11.8. The largest absolute Gasteiger partial charge is 0.381 e. The minimum atomic E-state index is 0.818. The van der Waals surface area contributed by atoms with Gasteiger partial charge < -0.3 is 5.32 Å². The molecule has 1 aromatic heterocycles. The molecule has 21 heavy (non-hydrogen) atoms. The van der Waals surface area contributed by atoms with Gasteiger partial charge in [-0.15, -0.1) is 11.3 Å². The van der Waals surface area contributed by atoms with Gasteiger partial charge in [0.05, 0.1) is 10.2 Å². The standard InChI is InChI=1S/C16H15BrN2S2/c1-10-3-4-11(7-13(10)17)9-18-12-5-6-14-15(8-12)21-16(19-14)20-2/h3-8,18H,9H2,1-2H3. The van der Waals surface area contributed by atoms with Crippen molar-refractivity contribution in [1.82, 2.24) is 4.98 Å². The van der Waals surface area contributed by atoms with Crippen molar-refractivity contribution >= 4 is 54.9 Å². The molecule has 1 heterocycles. The predicted octanol–water partition coefficient (Wildman–Crippen LogP) is 5.70. The molecular weight excluding hydrogens is 364 g/mol. The SMILES string of the molecule is CSc1nc2ccc(NCc3ccc(C)c(Br)c3)cc2s1. The van der Waals surface area contributed by atoms with E-state index in [1.807, 2.05) is 0 Å². The lowest BCUT2D eigenvalue weighted by Crippen LogP contribution is -1.99. The van der Waals surface area contributed by atoms with E-state index in [9.17, 15) is 0 Å². The van der Waals surface area contributed by atoms with Crippen LogP contribution >= 0.6 is 39.0 Å². The Bertz CT molecular complexity index is 783. The van der Waals surface area contributed by atoms with Crippen LogP contribution in [0.1, 0.15) is 11.1 Å². The zero-order valence-corrected chi connectivity index (χ0v) is 15.0. The lowest BCUT2D eigenvalue weighted by molar-refractivity contribution is 1.14. The fourth-order valence-electron chi connectivity index (χ4n) is 2.05. The third kappa shape index (κ3) is 3.42. The van der Waals surface area contributed by atoms with Crippen molar-refractivity contribution in [3.05, 3.63) is 52.0 Å². The minimum Gasteiger partial charge on any atom is -0.381 e. The van der Waals surface area contributed by atoms with Gasteiger partial charge in [-0.3, -0.25) is 0 Å². The first-order valence-electron chi connectivity index (χ1n) is 6.59. The van der Waals surface area contributed by atoms with Crippen molar-refractivity contribution in [2.24, 2.45) is 0 Å². The topological polar surface area (TPSA) is 24.9 Å². The first kappa shape index (κ1) is 14.9. The third-order valence-corrected chi connectivity index (χ3v) is 6.13. The number of hydrogen-bond donors (Lipinski definition) is 1. The smallest absolute Gasteiger partial charge is 0.150 e. The molecule has 1 N–H and O–H groups in total. The van der Waals surface area contributed by atoms with E-state index in [2.05, 4.69) is 75.8 Å². The summed E-state index contributed by atoms with van der Waals surface area (Å²) in [6, 6.07) is 12.8. The number of benzene rings is 2. The molecule has 0 spiro atoms. The highest BCUT2D eigenvalue weighted by molar-refractivity contribution is 9.10. The summed E-state index contributed by atoms with van der Waals surface area (Å²) in [6.45, 7) is 2.92. The molecule has 0 unspecified atom stereocenters. The zero-order chi connectivity index (χ0) is 14.8.